The predicted octanol–water partition coefficient (Wildman–Crippen LogP) is 2.71. The summed E-state index contributed by atoms with van der Waals surface area (Å²) in [6.45, 7) is 3.26. The minimum Gasteiger partial charge on any atom is -0.328 e. The first-order valence-electron chi connectivity index (χ1n) is 7.68. The summed E-state index contributed by atoms with van der Waals surface area (Å²) in [5.74, 6) is 0.0273. The number of aromatic nitrogens is 2. The average Bonchev–Trinajstić information content (AvgIpc) is 2.54. The van der Waals surface area contributed by atoms with Gasteiger partial charge in [0.25, 0.3) is 5.56 Å². The molecule has 6 nitrogen and oxygen atoms in total. The molecule has 1 aromatic carbocycles. The molecule has 6 heteroatoms. The smallest absolute Gasteiger partial charge is 0.328 e. The Balaban J connectivity index is 2.29. The van der Waals surface area contributed by atoms with E-state index >= 15 is 0 Å². The number of rotatable bonds is 7. The Morgan fingerprint density at radius 1 is 1.35 bits per heavy atom. The summed E-state index contributed by atoms with van der Waals surface area (Å²) in [5.41, 5.74) is 2.77. The zero-order valence-corrected chi connectivity index (χ0v) is 13.4. The molecular formula is C17H21N3O3. The molecule has 0 unspecified atom stereocenters. The maximum Gasteiger partial charge on any atom is 0.331 e. The maximum atomic E-state index is 12.6. The highest BCUT2D eigenvalue weighted by Crippen LogP contribution is 2.10. The first-order chi connectivity index (χ1) is 11.1. The molecule has 0 saturated carbocycles. The zero-order valence-electron chi connectivity index (χ0n) is 13.4. The van der Waals surface area contributed by atoms with Crippen LogP contribution in [0.3, 0.4) is 0 Å². The van der Waals surface area contributed by atoms with Gasteiger partial charge in [0.15, 0.2) is 0 Å². The molecule has 0 spiro atoms. The molecule has 2 rings (SSSR count). The van der Waals surface area contributed by atoms with Crippen molar-refractivity contribution in [3.8, 4) is 0 Å². The highest BCUT2D eigenvalue weighted by atomic mass is 16.7. The minimum absolute atomic E-state index is 0.277. The molecule has 0 atom stereocenters. The number of nitrogens with zero attached hydrogens (tertiary/aromatic N) is 2. The fourth-order valence-corrected chi connectivity index (χ4v) is 2.26. The number of hydrogen-bond donors (Lipinski definition) is 1. The van der Waals surface area contributed by atoms with Crippen molar-refractivity contribution in [2.45, 2.75) is 39.5 Å². The van der Waals surface area contributed by atoms with Gasteiger partial charge in [-0.05, 0) is 38.3 Å². The molecule has 0 radical (unpaired) electrons. The fraction of sp³-hybridized carbons (Fsp3) is 0.353. The molecule has 23 heavy (non-hydrogen) atoms. The van der Waals surface area contributed by atoms with Crippen LogP contribution in [0.1, 0.15) is 38.9 Å². The van der Waals surface area contributed by atoms with Gasteiger partial charge in [0.2, 0.25) is 0 Å². The monoisotopic (exact) mass is 315 g/mol. The molecule has 1 aromatic heterocycles. The van der Waals surface area contributed by atoms with Crippen molar-refractivity contribution in [1.29, 1.82) is 0 Å². The standard InChI is InChI=1S/C17H21N3O3/c1-3-4-5-6-7-12-16-18-15-11-9-8-10-14(15)17(22)20(16)19-23-13(2)21/h3-4,8-11,19H,5-7,12H2,1-2H3/b4-3+. The molecule has 0 bridgehead atoms. The largest absolute Gasteiger partial charge is 0.331 e. The number of hydrogen-bond acceptors (Lipinski definition) is 5. The third-order valence-corrected chi connectivity index (χ3v) is 3.38. The fourth-order valence-electron chi connectivity index (χ4n) is 2.26. The lowest BCUT2D eigenvalue weighted by Crippen LogP contribution is -2.34. The van der Waals surface area contributed by atoms with E-state index in [1.54, 1.807) is 18.2 Å². The van der Waals surface area contributed by atoms with E-state index in [2.05, 4.69) is 16.6 Å². The summed E-state index contributed by atoms with van der Waals surface area (Å²) in [6.07, 6.45) is 7.62. The number of fused-ring (bicyclic) bond motifs is 1. The van der Waals surface area contributed by atoms with Gasteiger partial charge < -0.3 is 4.84 Å². The average molecular weight is 315 g/mol. The molecule has 0 aliphatic heterocycles. The predicted molar refractivity (Wildman–Crippen MR) is 89.5 cm³/mol. The van der Waals surface area contributed by atoms with Crippen LogP contribution in [0.25, 0.3) is 10.9 Å². The molecule has 0 fully saturated rings. The second-order valence-corrected chi connectivity index (χ2v) is 5.19. The third kappa shape index (κ3) is 4.42. The number of unbranched alkanes of at least 4 members (excludes halogenated alkanes) is 2. The van der Waals surface area contributed by atoms with Crippen LogP contribution < -0.4 is 11.1 Å². The van der Waals surface area contributed by atoms with Gasteiger partial charge >= 0.3 is 5.97 Å². The van der Waals surface area contributed by atoms with Crippen LogP contribution in [0, 0.1) is 0 Å². The van der Waals surface area contributed by atoms with Gasteiger partial charge in [-0.2, -0.15) is 4.68 Å². The number of nitrogens with one attached hydrogen (secondary N) is 1. The Labute approximate surface area is 134 Å². The van der Waals surface area contributed by atoms with Crippen LogP contribution in [0.4, 0.5) is 0 Å². The van der Waals surface area contributed by atoms with E-state index < -0.39 is 5.97 Å². The number of allylic oxidation sites excluding steroid dienone is 2. The highest BCUT2D eigenvalue weighted by Gasteiger charge is 2.11. The highest BCUT2D eigenvalue weighted by molar-refractivity contribution is 5.77. The van der Waals surface area contributed by atoms with Crippen molar-refractivity contribution in [2.75, 3.05) is 5.59 Å². The van der Waals surface area contributed by atoms with Gasteiger partial charge in [0.1, 0.15) is 5.82 Å². The van der Waals surface area contributed by atoms with Gasteiger partial charge in [0.05, 0.1) is 10.9 Å². The molecule has 0 aliphatic carbocycles. The van der Waals surface area contributed by atoms with E-state index in [-0.39, 0.29) is 5.56 Å². The van der Waals surface area contributed by atoms with Crippen molar-refractivity contribution >= 4 is 16.9 Å². The van der Waals surface area contributed by atoms with Crippen molar-refractivity contribution in [1.82, 2.24) is 9.66 Å². The SMILES string of the molecule is C/C=C/CCCCc1nc2ccccc2c(=O)n1NOC(C)=O. The summed E-state index contributed by atoms with van der Waals surface area (Å²) in [4.78, 5) is 32.9. The second kappa shape index (κ2) is 8.12. The van der Waals surface area contributed by atoms with E-state index in [0.717, 1.165) is 19.3 Å². The van der Waals surface area contributed by atoms with Gasteiger partial charge in [-0.3, -0.25) is 4.79 Å². The lowest BCUT2D eigenvalue weighted by Gasteiger charge is -2.13. The lowest BCUT2D eigenvalue weighted by atomic mass is 10.1. The van der Waals surface area contributed by atoms with E-state index in [9.17, 15) is 9.59 Å². The second-order valence-electron chi connectivity index (χ2n) is 5.19. The molecule has 1 N–H and O–H groups in total. The Bertz CT molecular complexity index is 765. The van der Waals surface area contributed by atoms with Crippen LogP contribution >= 0.6 is 0 Å². The summed E-state index contributed by atoms with van der Waals surface area (Å²) < 4.78 is 1.21. The van der Waals surface area contributed by atoms with E-state index in [0.29, 0.717) is 23.1 Å². The summed E-state index contributed by atoms with van der Waals surface area (Å²) in [6, 6.07) is 7.12. The van der Waals surface area contributed by atoms with E-state index in [1.165, 1.54) is 11.6 Å². The van der Waals surface area contributed by atoms with Crippen LogP contribution in [0.5, 0.6) is 0 Å². The Morgan fingerprint density at radius 2 is 2.13 bits per heavy atom. The summed E-state index contributed by atoms with van der Waals surface area (Å²) >= 11 is 0. The normalized spacial score (nSPS) is 11.0. The topological polar surface area (TPSA) is 73.2 Å². The summed E-state index contributed by atoms with van der Waals surface area (Å²) in [5, 5.41) is 0.477. The van der Waals surface area contributed by atoms with E-state index in [4.69, 9.17) is 4.84 Å². The van der Waals surface area contributed by atoms with Gasteiger partial charge in [0, 0.05) is 13.3 Å². The van der Waals surface area contributed by atoms with Crippen LogP contribution in [0.2, 0.25) is 0 Å². The van der Waals surface area contributed by atoms with E-state index in [1.807, 2.05) is 19.1 Å². The van der Waals surface area contributed by atoms with Crippen LogP contribution in [-0.4, -0.2) is 15.6 Å². The first-order valence-corrected chi connectivity index (χ1v) is 7.68. The summed E-state index contributed by atoms with van der Waals surface area (Å²) in [7, 11) is 0. The molecule has 0 aliphatic rings. The van der Waals surface area contributed by atoms with Crippen molar-refractivity contribution in [3.05, 3.63) is 52.6 Å². The maximum absolute atomic E-state index is 12.6. The van der Waals surface area contributed by atoms with Gasteiger partial charge in [-0.15, -0.1) is 5.59 Å². The van der Waals surface area contributed by atoms with Gasteiger partial charge in [-0.1, -0.05) is 24.3 Å². The molecule has 1 heterocycles. The molecule has 0 saturated heterocycles. The molecule has 2 aromatic rings. The number of carbonyl (C=O) groups is 1. The quantitative estimate of drug-likeness (QED) is 0.483. The molecule has 0 amide bonds. The van der Waals surface area contributed by atoms with Crippen molar-refractivity contribution in [2.24, 2.45) is 0 Å². The van der Waals surface area contributed by atoms with Crippen molar-refractivity contribution < 1.29 is 9.63 Å². The van der Waals surface area contributed by atoms with Crippen LogP contribution in [0.15, 0.2) is 41.2 Å². The number of carbonyl (C=O) groups excluding carboxylic acids is 1. The minimum atomic E-state index is -0.524. The Morgan fingerprint density at radius 3 is 2.87 bits per heavy atom. The lowest BCUT2D eigenvalue weighted by molar-refractivity contribution is -0.139. The third-order valence-electron chi connectivity index (χ3n) is 3.38. The van der Waals surface area contributed by atoms with Crippen LogP contribution in [-0.2, 0) is 16.1 Å². The van der Waals surface area contributed by atoms with Crippen molar-refractivity contribution in [3.63, 3.8) is 0 Å². The Kier molecular flexibility index (Phi) is 5.91. The first kappa shape index (κ1) is 16.7. The molecule has 122 valence electrons. The number of benzene rings is 1. The Hall–Kier alpha value is -2.63. The van der Waals surface area contributed by atoms with Gasteiger partial charge in [-0.25, -0.2) is 9.78 Å². The number of para-hydroxylation sites is 1. The molecular weight excluding hydrogens is 294 g/mol. The zero-order chi connectivity index (χ0) is 16.7. The number of aryl methyl sites for hydroxylation is 1.